The molecule has 1 fully saturated rings. The number of ether oxygens (including phenoxy) is 1. The summed E-state index contributed by atoms with van der Waals surface area (Å²) in [6.07, 6.45) is 5.68. The summed E-state index contributed by atoms with van der Waals surface area (Å²) in [5.74, 6) is -0.188. The third-order valence-corrected chi connectivity index (χ3v) is 4.12. The van der Waals surface area contributed by atoms with Crippen LogP contribution in [0.15, 0.2) is 0 Å². The van der Waals surface area contributed by atoms with Crippen molar-refractivity contribution in [3.8, 4) is 0 Å². The first-order valence-corrected chi connectivity index (χ1v) is 8.48. The molecule has 1 rings (SSSR count). The van der Waals surface area contributed by atoms with Gasteiger partial charge in [-0.2, -0.15) is 0 Å². The predicted molar refractivity (Wildman–Crippen MR) is 70.2 cm³/mol. The van der Waals surface area contributed by atoms with Gasteiger partial charge in [0.25, 0.3) is 0 Å². The lowest BCUT2D eigenvalue weighted by Crippen LogP contribution is -2.32. The van der Waals surface area contributed by atoms with Crippen LogP contribution in [0.4, 0.5) is 0 Å². The fourth-order valence-electron chi connectivity index (χ4n) is 1.96. The molecule has 0 radical (unpaired) electrons. The molecule has 1 atom stereocenters. The number of hydrogen-bond acceptors (Lipinski definition) is 4. The van der Waals surface area contributed by atoms with Gasteiger partial charge in [-0.25, -0.2) is 8.42 Å². The second kappa shape index (κ2) is 7.09. The van der Waals surface area contributed by atoms with Gasteiger partial charge < -0.3 is 9.64 Å². The first-order chi connectivity index (χ1) is 8.38. The summed E-state index contributed by atoms with van der Waals surface area (Å²) < 4.78 is 27.5. The lowest BCUT2D eigenvalue weighted by atomic mass is 10.1. The normalized spacial score (nSPS) is 20.7. The van der Waals surface area contributed by atoms with E-state index in [1.807, 2.05) is 0 Å². The number of carbonyl (C=O) groups excluding carboxylic acids is 1. The summed E-state index contributed by atoms with van der Waals surface area (Å²) in [6, 6.07) is 0. The Labute approximate surface area is 109 Å². The molecule has 0 aromatic carbocycles. The Morgan fingerprint density at radius 1 is 1.39 bits per heavy atom. The number of nitrogens with zero attached hydrogens (tertiary/aromatic N) is 1. The van der Waals surface area contributed by atoms with E-state index in [2.05, 4.69) is 0 Å². The average Bonchev–Trinajstić information content (AvgIpc) is 2.33. The van der Waals surface area contributed by atoms with Gasteiger partial charge in [0.1, 0.15) is 9.84 Å². The molecule has 1 aliphatic heterocycles. The summed E-state index contributed by atoms with van der Waals surface area (Å²) in [4.78, 5) is 13.3. The third-order valence-electron chi connectivity index (χ3n) is 3.17. The zero-order chi connectivity index (χ0) is 13.6. The Kier molecular flexibility index (Phi) is 6.08. The van der Waals surface area contributed by atoms with E-state index < -0.39 is 9.84 Å². The van der Waals surface area contributed by atoms with E-state index in [0.29, 0.717) is 6.54 Å². The summed E-state index contributed by atoms with van der Waals surface area (Å²) in [7, 11) is -1.34. The summed E-state index contributed by atoms with van der Waals surface area (Å²) in [5.41, 5.74) is 0. The van der Waals surface area contributed by atoms with Gasteiger partial charge in [0.15, 0.2) is 0 Å². The van der Waals surface area contributed by atoms with Crippen LogP contribution in [-0.2, 0) is 19.4 Å². The molecule has 0 aliphatic carbocycles. The van der Waals surface area contributed by atoms with Crippen molar-refractivity contribution in [2.45, 2.75) is 38.2 Å². The van der Waals surface area contributed by atoms with Crippen molar-refractivity contribution in [3.63, 3.8) is 0 Å². The van der Waals surface area contributed by atoms with Crippen LogP contribution in [0.2, 0.25) is 0 Å². The molecule has 1 unspecified atom stereocenters. The molecule has 5 nitrogen and oxygen atoms in total. The highest BCUT2D eigenvalue weighted by molar-refractivity contribution is 7.90. The number of hydrogen-bond donors (Lipinski definition) is 0. The van der Waals surface area contributed by atoms with Crippen LogP contribution in [0.3, 0.4) is 0 Å². The molecular weight excluding hydrogens is 254 g/mol. The standard InChI is InChI=1S/C12H23NO4S/c1-13(12(14)7-10-18(2,15)16)8-6-11-5-3-4-9-17-11/h11H,3-10H2,1-2H3. The van der Waals surface area contributed by atoms with Crippen LogP contribution in [0.1, 0.15) is 32.1 Å². The van der Waals surface area contributed by atoms with Crippen LogP contribution in [0, 0.1) is 0 Å². The molecule has 0 aromatic heterocycles. The fraction of sp³-hybridized carbons (Fsp3) is 0.917. The second-order valence-corrected chi connectivity index (χ2v) is 7.23. The second-order valence-electron chi connectivity index (χ2n) is 4.97. The minimum Gasteiger partial charge on any atom is -0.378 e. The zero-order valence-corrected chi connectivity index (χ0v) is 12.0. The lowest BCUT2D eigenvalue weighted by molar-refractivity contribution is -0.129. The van der Waals surface area contributed by atoms with Gasteiger partial charge in [0.05, 0.1) is 11.9 Å². The van der Waals surface area contributed by atoms with E-state index in [1.54, 1.807) is 11.9 Å². The summed E-state index contributed by atoms with van der Waals surface area (Å²) in [6.45, 7) is 1.45. The highest BCUT2D eigenvalue weighted by Crippen LogP contribution is 2.15. The molecule has 0 saturated carbocycles. The van der Waals surface area contributed by atoms with Crippen molar-refractivity contribution in [1.29, 1.82) is 0 Å². The Balaban J connectivity index is 2.22. The number of amides is 1. The molecule has 0 bridgehead atoms. The van der Waals surface area contributed by atoms with E-state index in [1.165, 1.54) is 6.42 Å². The summed E-state index contributed by atoms with van der Waals surface area (Å²) in [5, 5.41) is 0. The molecule has 1 saturated heterocycles. The summed E-state index contributed by atoms with van der Waals surface area (Å²) >= 11 is 0. The van der Waals surface area contributed by atoms with Gasteiger partial charge in [0, 0.05) is 32.9 Å². The maximum atomic E-state index is 11.7. The number of carbonyl (C=O) groups is 1. The van der Waals surface area contributed by atoms with Gasteiger partial charge in [0.2, 0.25) is 5.91 Å². The van der Waals surface area contributed by atoms with Crippen LogP contribution in [-0.4, -0.2) is 57.5 Å². The minimum absolute atomic E-state index is 0.0703. The average molecular weight is 277 g/mol. The van der Waals surface area contributed by atoms with E-state index in [0.717, 1.165) is 32.1 Å². The monoisotopic (exact) mass is 277 g/mol. The van der Waals surface area contributed by atoms with Gasteiger partial charge in [-0.3, -0.25) is 4.79 Å². The van der Waals surface area contributed by atoms with Crippen molar-refractivity contribution in [1.82, 2.24) is 4.90 Å². The molecule has 0 aromatic rings. The Hall–Kier alpha value is -0.620. The topological polar surface area (TPSA) is 63.7 Å². The van der Waals surface area contributed by atoms with Crippen molar-refractivity contribution < 1.29 is 17.9 Å². The van der Waals surface area contributed by atoms with Gasteiger partial charge in [-0.15, -0.1) is 0 Å². The third kappa shape index (κ3) is 6.35. The Morgan fingerprint density at radius 2 is 2.11 bits per heavy atom. The van der Waals surface area contributed by atoms with E-state index in [9.17, 15) is 13.2 Å². The van der Waals surface area contributed by atoms with Gasteiger partial charge >= 0.3 is 0 Å². The van der Waals surface area contributed by atoms with Crippen molar-refractivity contribution in [3.05, 3.63) is 0 Å². The van der Waals surface area contributed by atoms with E-state index >= 15 is 0 Å². The van der Waals surface area contributed by atoms with Crippen LogP contribution in [0.5, 0.6) is 0 Å². The van der Waals surface area contributed by atoms with Crippen molar-refractivity contribution in [2.75, 3.05) is 32.2 Å². The first-order valence-electron chi connectivity index (χ1n) is 6.42. The van der Waals surface area contributed by atoms with E-state index in [-0.39, 0.29) is 24.2 Å². The molecule has 6 heteroatoms. The minimum atomic E-state index is -3.06. The van der Waals surface area contributed by atoms with E-state index in [4.69, 9.17) is 4.74 Å². The lowest BCUT2D eigenvalue weighted by Gasteiger charge is -2.25. The number of rotatable bonds is 6. The molecule has 1 heterocycles. The maximum Gasteiger partial charge on any atom is 0.223 e. The van der Waals surface area contributed by atoms with Gasteiger partial charge in [-0.1, -0.05) is 0 Å². The van der Waals surface area contributed by atoms with Crippen LogP contribution in [0.25, 0.3) is 0 Å². The molecule has 1 aliphatic rings. The fourth-order valence-corrected chi connectivity index (χ4v) is 2.51. The largest absolute Gasteiger partial charge is 0.378 e. The SMILES string of the molecule is CN(CCC1CCCCO1)C(=O)CCS(C)(=O)=O. The molecule has 1 amide bonds. The highest BCUT2D eigenvalue weighted by atomic mass is 32.2. The zero-order valence-electron chi connectivity index (χ0n) is 11.2. The number of sulfone groups is 1. The first kappa shape index (κ1) is 15.4. The van der Waals surface area contributed by atoms with Gasteiger partial charge in [-0.05, 0) is 25.7 Å². The molecule has 0 spiro atoms. The molecule has 0 N–H and O–H groups in total. The van der Waals surface area contributed by atoms with Crippen molar-refractivity contribution >= 4 is 15.7 Å². The molecule has 18 heavy (non-hydrogen) atoms. The van der Waals surface area contributed by atoms with Crippen LogP contribution >= 0.6 is 0 Å². The Bertz CT molecular complexity index is 360. The molecule has 106 valence electrons. The van der Waals surface area contributed by atoms with Crippen LogP contribution < -0.4 is 0 Å². The Morgan fingerprint density at radius 3 is 2.67 bits per heavy atom. The smallest absolute Gasteiger partial charge is 0.223 e. The quantitative estimate of drug-likeness (QED) is 0.721. The highest BCUT2D eigenvalue weighted by Gasteiger charge is 2.17. The predicted octanol–water partition coefficient (Wildman–Crippen LogP) is 0.839. The molecular formula is C12H23NO4S. The maximum absolute atomic E-state index is 11.7. The van der Waals surface area contributed by atoms with Crippen molar-refractivity contribution in [2.24, 2.45) is 0 Å².